The number of carboxylic acid groups (broad SMARTS) is 1. The first-order chi connectivity index (χ1) is 10.5. The maximum absolute atomic E-state index is 10.7. The summed E-state index contributed by atoms with van der Waals surface area (Å²) >= 11 is 0. The molecular formula is C14H20N6O2. The van der Waals surface area contributed by atoms with Crippen LogP contribution in [0.4, 0.5) is 0 Å². The van der Waals surface area contributed by atoms with Gasteiger partial charge in [0, 0.05) is 13.0 Å². The summed E-state index contributed by atoms with van der Waals surface area (Å²) in [5.74, 6) is -1.15. The van der Waals surface area contributed by atoms with Gasteiger partial charge in [0.25, 0.3) is 0 Å². The number of allylic oxidation sites excluding steroid dienone is 1. The number of imidazole rings is 1. The third kappa shape index (κ3) is 3.79. The molecule has 0 bridgehead atoms. The average molecular weight is 304 g/mol. The predicted octanol–water partition coefficient (Wildman–Crippen LogP) is -1.62. The van der Waals surface area contributed by atoms with Crippen LogP contribution in [0.25, 0.3) is 11.2 Å². The van der Waals surface area contributed by atoms with E-state index in [-0.39, 0.29) is 0 Å². The highest BCUT2D eigenvalue weighted by Crippen LogP contribution is 2.04. The molecule has 0 aromatic carbocycles. The quantitative estimate of drug-likeness (QED) is 0.621. The number of carbonyl (C=O) groups is 1. The minimum absolute atomic E-state index is 0.352. The van der Waals surface area contributed by atoms with Crippen molar-refractivity contribution in [3.8, 4) is 0 Å². The largest absolute Gasteiger partial charge is 0.544 e. The summed E-state index contributed by atoms with van der Waals surface area (Å²) in [4.78, 5) is 26.7. The van der Waals surface area contributed by atoms with Crippen molar-refractivity contribution >= 4 is 17.1 Å². The Hall–Kier alpha value is -2.48. The number of hydrogen-bond donors (Lipinski definition) is 2. The Morgan fingerprint density at radius 2 is 2.32 bits per heavy atom. The van der Waals surface area contributed by atoms with E-state index >= 15 is 0 Å². The molecule has 0 amide bonds. The zero-order valence-corrected chi connectivity index (χ0v) is 12.7. The van der Waals surface area contributed by atoms with Crippen molar-refractivity contribution in [3.05, 3.63) is 29.8 Å². The molecule has 2 aromatic rings. The molecule has 0 aliphatic carbocycles. The first-order valence-electron chi connectivity index (χ1n) is 7.05. The highest BCUT2D eigenvalue weighted by Gasteiger charge is 2.10. The van der Waals surface area contributed by atoms with Gasteiger partial charge in [-0.05, 0) is 13.8 Å². The average Bonchev–Trinajstić information content (AvgIpc) is 2.95. The van der Waals surface area contributed by atoms with Crippen molar-refractivity contribution in [1.82, 2.24) is 19.5 Å². The van der Waals surface area contributed by atoms with Crippen LogP contribution in [0.1, 0.15) is 20.3 Å². The van der Waals surface area contributed by atoms with E-state index in [9.17, 15) is 9.90 Å². The van der Waals surface area contributed by atoms with Gasteiger partial charge in [0.05, 0.1) is 25.2 Å². The van der Waals surface area contributed by atoms with Crippen molar-refractivity contribution in [2.45, 2.75) is 32.9 Å². The normalized spacial score (nSPS) is 13.3. The standard InChI is InChI=1S/C14H20N6O2/c1-9(2)3-5-16-12-11-13(18-7-17-11)20(8-19-12)6-4-10(15)14(21)22/h3,7-8,10H,4-6,15H2,1-2H3,(H,17,18)(H,21,22). The number of aromatic amines is 1. The zero-order valence-electron chi connectivity index (χ0n) is 12.7. The van der Waals surface area contributed by atoms with Crippen LogP contribution in [0, 0.1) is 0 Å². The van der Waals surface area contributed by atoms with Crippen LogP contribution in [0.5, 0.6) is 0 Å². The minimum atomic E-state index is -1.15. The lowest BCUT2D eigenvalue weighted by Crippen LogP contribution is -2.68. The molecule has 2 rings (SSSR count). The van der Waals surface area contributed by atoms with Crippen LogP contribution < -0.4 is 16.3 Å². The molecule has 1 unspecified atom stereocenters. The SMILES string of the molecule is CC(C)=CCN=c1ncn(CCC([NH3+])C(=O)[O-])c2nc[nH]c12. The number of hydrogen-bond acceptors (Lipinski definition) is 5. The topological polar surface area (TPSA) is 127 Å². The van der Waals surface area contributed by atoms with Gasteiger partial charge in [-0.1, -0.05) is 11.6 Å². The Kier molecular flexibility index (Phi) is 5.05. The number of quaternary nitrogens is 1. The van der Waals surface area contributed by atoms with E-state index in [0.29, 0.717) is 30.6 Å². The van der Waals surface area contributed by atoms with E-state index in [1.54, 1.807) is 17.2 Å². The predicted molar refractivity (Wildman–Crippen MR) is 78.0 cm³/mol. The number of nitrogens with one attached hydrogen (secondary N) is 1. The van der Waals surface area contributed by atoms with Gasteiger partial charge in [0.15, 0.2) is 11.1 Å². The number of aliphatic carboxylic acids is 1. The number of H-pyrrole nitrogens is 1. The summed E-state index contributed by atoms with van der Waals surface area (Å²) < 4.78 is 1.78. The second kappa shape index (κ2) is 6.99. The molecule has 1 atom stereocenters. The fraction of sp³-hybridized carbons (Fsp3) is 0.429. The number of aryl methyl sites for hydroxylation is 1. The molecule has 8 nitrogen and oxygen atoms in total. The van der Waals surface area contributed by atoms with Crippen molar-refractivity contribution in [2.75, 3.05) is 6.54 Å². The summed E-state index contributed by atoms with van der Waals surface area (Å²) in [7, 11) is 0. The maximum Gasteiger partial charge on any atom is 0.177 e. The van der Waals surface area contributed by atoms with Crippen LogP contribution in [0.2, 0.25) is 0 Å². The van der Waals surface area contributed by atoms with Crippen molar-refractivity contribution in [1.29, 1.82) is 0 Å². The second-order valence-corrected chi connectivity index (χ2v) is 5.29. The van der Waals surface area contributed by atoms with Crippen molar-refractivity contribution < 1.29 is 15.6 Å². The van der Waals surface area contributed by atoms with E-state index in [1.807, 2.05) is 19.9 Å². The number of carboxylic acids is 1. The minimum Gasteiger partial charge on any atom is -0.544 e. The van der Waals surface area contributed by atoms with Gasteiger partial charge < -0.3 is 25.2 Å². The van der Waals surface area contributed by atoms with E-state index in [2.05, 4.69) is 25.7 Å². The molecule has 22 heavy (non-hydrogen) atoms. The highest BCUT2D eigenvalue weighted by atomic mass is 16.4. The van der Waals surface area contributed by atoms with Gasteiger partial charge in [-0.3, -0.25) is 4.99 Å². The van der Waals surface area contributed by atoms with Gasteiger partial charge >= 0.3 is 0 Å². The third-order valence-electron chi connectivity index (χ3n) is 3.23. The summed E-state index contributed by atoms with van der Waals surface area (Å²) in [5, 5.41) is 10.7. The number of rotatable bonds is 6. The molecule has 2 heterocycles. The number of nitrogens with zero attached hydrogens (tertiary/aromatic N) is 4. The molecule has 0 radical (unpaired) electrons. The molecule has 0 fully saturated rings. The molecule has 8 heteroatoms. The lowest BCUT2D eigenvalue weighted by molar-refractivity contribution is -0.438. The molecule has 118 valence electrons. The monoisotopic (exact) mass is 304 g/mol. The Bertz CT molecular complexity index is 754. The molecule has 0 aliphatic heterocycles. The molecule has 0 spiro atoms. The lowest BCUT2D eigenvalue weighted by Gasteiger charge is -2.11. The summed E-state index contributed by atoms with van der Waals surface area (Å²) in [6.07, 6.45) is 5.55. The number of aromatic nitrogens is 4. The Balaban J connectivity index is 2.27. The molecule has 2 aromatic heterocycles. The molecule has 4 N–H and O–H groups in total. The summed E-state index contributed by atoms with van der Waals surface area (Å²) in [6.45, 7) is 5.03. The molecule has 0 saturated carbocycles. The van der Waals surface area contributed by atoms with Gasteiger partial charge in [0.2, 0.25) is 0 Å². The van der Waals surface area contributed by atoms with E-state index in [4.69, 9.17) is 0 Å². The third-order valence-corrected chi connectivity index (χ3v) is 3.23. The van der Waals surface area contributed by atoms with Crippen LogP contribution in [-0.4, -0.2) is 38.1 Å². The lowest BCUT2D eigenvalue weighted by atomic mass is 10.2. The summed E-state index contributed by atoms with van der Waals surface area (Å²) in [6, 6.07) is -0.761. The first-order valence-corrected chi connectivity index (χ1v) is 7.05. The second-order valence-electron chi connectivity index (χ2n) is 5.29. The number of carbonyl (C=O) groups excluding carboxylic acids is 1. The van der Waals surface area contributed by atoms with Gasteiger partial charge in [-0.25, -0.2) is 9.97 Å². The maximum atomic E-state index is 10.7. The van der Waals surface area contributed by atoms with Gasteiger partial charge in [0.1, 0.15) is 11.6 Å². The van der Waals surface area contributed by atoms with Gasteiger partial charge in [-0.2, -0.15) is 0 Å². The van der Waals surface area contributed by atoms with Crippen molar-refractivity contribution in [3.63, 3.8) is 0 Å². The Morgan fingerprint density at radius 3 is 3.00 bits per heavy atom. The smallest absolute Gasteiger partial charge is 0.177 e. The fourth-order valence-corrected chi connectivity index (χ4v) is 1.92. The number of fused-ring (bicyclic) bond motifs is 1. The van der Waals surface area contributed by atoms with E-state index < -0.39 is 12.0 Å². The van der Waals surface area contributed by atoms with Crippen molar-refractivity contribution in [2.24, 2.45) is 4.99 Å². The van der Waals surface area contributed by atoms with Crippen LogP contribution in [0.3, 0.4) is 0 Å². The Labute approximate surface area is 127 Å². The first kappa shape index (κ1) is 15.9. The van der Waals surface area contributed by atoms with Crippen LogP contribution in [0.15, 0.2) is 29.3 Å². The highest BCUT2D eigenvalue weighted by molar-refractivity contribution is 5.69. The van der Waals surface area contributed by atoms with E-state index in [0.717, 1.165) is 5.52 Å². The zero-order chi connectivity index (χ0) is 16.1. The molecular weight excluding hydrogens is 284 g/mol. The van der Waals surface area contributed by atoms with Crippen LogP contribution in [-0.2, 0) is 11.3 Å². The molecule has 0 aliphatic rings. The van der Waals surface area contributed by atoms with E-state index in [1.165, 1.54) is 5.57 Å². The van der Waals surface area contributed by atoms with Gasteiger partial charge in [-0.15, -0.1) is 0 Å². The molecule has 0 saturated heterocycles. The fourth-order valence-electron chi connectivity index (χ4n) is 1.92. The summed E-state index contributed by atoms with van der Waals surface area (Å²) in [5.41, 5.74) is 6.76. The Morgan fingerprint density at radius 1 is 1.55 bits per heavy atom. The van der Waals surface area contributed by atoms with Crippen LogP contribution >= 0.6 is 0 Å².